The van der Waals surface area contributed by atoms with Crippen LogP contribution < -0.4 is 10.1 Å². The Morgan fingerprint density at radius 1 is 1.06 bits per heavy atom. The van der Waals surface area contributed by atoms with E-state index in [2.05, 4.69) is 10.4 Å². The summed E-state index contributed by atoms with van der Waals surface area (Å²) in [6, 6.07) is 16.5. The Kier molecular flexibility index (Phi) is 6.87. The monoisotopic (exact) mass is 419 g/mol. The van der Waals surface area contributed by atoms with Crippen molar-refractivity contribution in [1.82, 2.24) is 9.78 Å². The first-order valence-electron chi connectivity index (χ1n) is 9.78. The maximum atomic E-state index is 12.9. The lowest BCUT2D eigenvalue weighted by atomic mass is 10.0. The number of benzene rings is 2. The SMILES string of the molecule is COc1ccccc1/C=C(/C(=O)OCC(=O)Nc1c(C)nn(C)c1C)c1ccccc1. The fraction of sp³-hybridized carbons (Fsp3) is 0.208. The number of rotatable bonds is 7. The van der Waals surface area contributed by atoms with Gasteiger partial charge in [0.15, 0.2) is 6.61 Å². The summed E-state index contributed by atoms with van der Waals surface area (Å²) < 4.78 is 12.4. The number of para-hydroxylation sites is 1. The summed E-state index contributed by atoms with van der Waals surface area (Å²) in [7, 11) is 3.37. The van der Waals surface area contributed by atoms with E-state index in [0.717, 1.165) is 11.3 Å². The molecule has 1 aromatic heterocycles. The molecule has 2 aromatic carbocycles. The van der Waals surface area contributed by atoms with E-state index in [4.69, 9.17) is 9.47 Å². The summed E-state index contributed by atoms with van der Waals surface area (Å²) in [6.07, 6.45) is 1.70. The minimum Gasteiger partial charge on any atom is -0.496 e. The number of amides is 1. The van der Waals surface area contributed by atoms with E-state index in [1.54, 1.807) is 31.8 Å². The second-order valence-electron chi connectivity index (χ2n) is 6.96. The third-order valence-corrected chi connectivity index (χ3v) is 4.85. The van der Waals surface area contributed by atoms with Crippen molar-refractivity contribution in [2.24, 2.45) is 7.05 Å². The van der Waals surface area contributed by atoms with Crippen molar-refractivity contribution >= 4 is 29.2 Å². The van der Waals surface area contributed by atoms with Gasteiger partial charge in [-0.3, -0.25) is 9.48 Å². The highest BCUT2D eigenvalue weighted by Crippen LogP contribution is 2.25. The van der Waals surface area contributed by atoms with Crippen molar-refractivity contribution in [1.29, 1.82) is 0 Å². The van der Waals surface area contributed by atoms with E-state index in [1.165, 1.54) is 0 Å². The first-order chi connectivity index (χ1) is 14.9. The van der Waals surface area contributed by atoms with Gasteiger partial charge in [-0.2, -0.15) is 5.10 Å². The molecule has 7 nitrogen and oxygen atoms in total. The maximum absolute atomic E-state index is 12.9. The van der Waals surface area contributed by atoms with Crippen molar-refractivity contribution in [2.45, 2.75) is 13.8 Å². The fourth-order valence-corrected chi connectivity index (χ4v) is 3.16. The molecule has 0 atom stereocenters. The van der Waals surface area contributed by atoms with Gasteiger partial charge in [0.2, 0.25) is 0 Å². The van der Waals surface area contributed by atoms with E-state index in [9.17, 15) is 9.59 Å². The smallest absolute Gasteiger partial charge is 0.339 e. The molecule has 3 rings (SSSR count). The number of nitrogens with one attached hydrogen (secondary N) is 1. The molecule has 0 saturated carbocycles. The van der Waals surface area contributed by atoms with Gasteiger partial charge in [-0.1, -0.05) is 48.5 Å². The predicted molar refractivity (Wildman–Crippen MR) is 120 cm³/mol. The Hall–Kier alpha value is -3.87. The third-order valence-electron chi connectivity index (χ3n) is 4.85. The number of methoxy groups -OCH3 is 1. The van der Waals surface area contributed by atoms with Crippen LogP contribution >= 0.6 is 0 Å². The van der Waals surface area contributed by atoms with Crippen molar-refractivity contribution in [2.75, 3.05) is 19.0 Å². The van der Waals surface area contributed by atoms with Crippen LogP contribution in [0.5, 0.6) is 5.75 Å². The topological polar surface area (TPSA) is 82.4 Å². The van der Waals surface area contributed by atoms with Gasteiger partial charge in [0, 0.05) is 12.6 Å². The van der Waals surface area contributed by atoms with Crippen molar-refractivity contribution < 1.29 is 19.1 Å². The highest BCUT2D eigenvalue weighted by Gasteiger charge is 2.18. The highest BCUT2D eigenvalue weighted by molar-refractivity contribution is 6.22. The number of aryl methyl sites for hydroxylation is 2. The van der Waals surface area contributed by atoms with E-state index in [-0.39, 0.29) is 0 Å². The number of esters is 1. The van der Waals surface area contributed by atoms with Crippen LogP contribution in [0.1, 0.15) is 22.5 Å². The number of nitrogens with zero attached hydrogens (tertiary/aromatic N) is 2. The molecular weight excluding hydrogens is 394 g/mol. The number of hydrogen-bond donors (Lipinski definition) is 1. The molecule has 1 heterocycles. The quantitative estimate of drug-likeness (QED) is 0.358. The van der Waals surface area contributed by atoms with Crippen LogP contribution in [0.25, 0.3) is 11.6 Å². The fourth-order valence-electron chi connectivity index (χ4n) is 3.16. The lowest BCUT2D eigenvalue weighted by molar-refractivity contribution is -0.141. The zero-order valence-electron chi connectivity index (χ0n) is 18.0. The van der Waals surface area contributed by atoms with Gasteiger partial charge in [0.25, 0.3) is 5.91 Å². The van der Waals surface area contributed by atoms with Crippen LogP contribution in [0.4, 0.5) is 5.69 Å². The molecule has 0 radical (unpaired) electrons. The Morgan fingerprint density at radius 2 is 1.74 bits per heavy atom. The Labute approximate surface area is 181 Å². The zero-order chi connectivity index (χ0) is 22.4. The van der Waals surface area contributed by atoms with Crippen LogP contribution in [0.15, 0.2) is 54.6 Å². The van der Waals surface area contributed by atoms with Gasteiger partial charge in [-0.15, -0.1) is 0 Å². The Bertz CT molecular complexity index is 1120. The summed E-state index contributed by atoms with van der Waals surface area (Å²) in [6.45, 7) is 3.24. The van der Waals surface area contributed by atoms with Gasteiger partial charge in [0.05, 0.1) is 29.8 Å². The highest BCUT2D eigenvalue weighted by atomic mass is 16.5. The Morgan fingerprint density at radius 3 is 2.39 bits per heavy atom. The number of carbonyl (C=O) groups is 2. The number of aromatic nitrogens is 2. The third kappa shape index (κ3) is 5.19. The molecular formula is C24H25N3O4. The standard InChI is InChI=1S/C24H25N3O4/c1-16-23(17(2)27(3)26-16)25-22(28)15-31-24(29)20(18-10-6-5-7-11-18)14-19-12-8-9-13-21(19)30-4/h5-14H,15H2,1-4H3,(H,25,28)/b20-14+. The van der Waals surface area contributed by atoms with Crippen LogP contribution in [-0.4, -0.2) is 35.4 Å². The molecule has 0 unspecified atom stereocenters. The lowest BCUT2D eigenvalue weighted by Crippen LogP contribution is -2.22. The molecule has 3 aromatic rings. The molecule has 0 saturated heterocycles. The summed E-state index contributed by atoms with van der Waals surface area (Å²) >= 11 is 0. The molecule has 160 valence electrons. The van der Waals surface area contributed by atoms with Crippen LogP contribution in [0.3, 0.4) is 0 Å². The van der Waals surface area contributed by atoms with E-state index in [0.29, 0.717) is 28.3 Å². The zero-order valence-corrected chi connectivity index (χ0v) is 18.0. The molecule has 0 aliphatic rings. The molecule has 1 amide bonds. The largest absolute Gasteiger partial charge is 0.496 e. The van der Waals surface area contributed by atoms with Crippen LogP contribution in [-0.2, 0) is 21.4 Å². The second kappa shape index (κ2) is 9.75. The summed E-state index contributed by atoms with van der Waals surface area (Å²) in [5.74, 6) is -0.409. The second-order valence-corrected chi connectivity index (χ2v) is 6.96. The molecule has 1 N–H and O–H groups in total. The van der Waals surface area contributed by atoms with Crippen LogP contribution in [0.2, 0.25) is 0 Å². The Balaban J connectivity index is 1.79. The average molecular weight is 419 g/mol. The molecule has 0 aliphatic heterocycles. The average Bonchev–Trinajstić information content (AvgIpc) is 3.02. The summed E-state index contributed by atoms with van der Waals surface area (Å²) in [4.78, 5) is 25.3. The van der Waals surface area contributed by atoms with Gasteiger partial charge >= 0.3 is 5.97 Å². The van der Waals surface area contributed by atoms with E-state index in [1.807, 2.05) is 61.5 Å². The summed E-state index contributed by atoms with van der Waals surface area (Å²) in [5.41, 5.74) is 3.87. The van der Waals surface area contributed by atoms with Gasteiger partial charge in [0.1, 0.15) is 5.75 Å². The van der Waals surface area contributed by atoms with Crippen molar-refractivity contribution in [3.8, 4) is 5.75 Å². The van der Waals surface area contributed by atoms with Gasteiger partial charge < -0.3 is 14.8 Å². The maximum Gasteiger partial charge on any atom is 0.339 e. The number of anilines is 1. The first-order valence-corrected chi connectivity index (χ1v) is 9.78. The van der Waals surface area contributed by atoms with E-state index < -0.39 is 18.5 Å². The predicted octanol–water partition coefficient (Wildman–Crippen LogP) is 3.77. The molecule has 31 heavy (non-hydrogen) atoms. The lowest BCUT2D eigenvalue weighted by Gasteiger charge is -2.11. The molecule has 0 aliphatic carbocycles. The minimum atomic E-state index is -0.605. The van der Waals surface area contributed by atoms with Crippen molar-refractivity contribution in [3.05, 3.63) is 77.1 Å². The molecule has 0 spiro atoms. The first kappa shape index (κ1) is 21.8. The normalized spacial score (nSPS) is 11.2. The van der Waals surface area contributed by atoms with Crippen molar-refractivity contribution in [3.63, 3.8) is 0 Å². The van der Waals surface area contributed by atoms with Gasteiger partial charge in [-0.25, -0.2) is 4.79 Å². The van der Waals surface area contributed by atoms with Gasteiger partial charge in [-0.05, 0) is 31.6 Å². The minimum absolute atomic E-state index is 0.326. The summed E-state index contributed by atoms with van der Waals surface area (Å²) in [5, 5.41) is 7.03. The van der Waals surface area contributed by atoms with Crippen LogP contribution in [0, 0.1) is 13.8 Å². The number of hydrogen-bond acceptors (Lipinski definition) is 5. The molecule has 0 fully saturated rings. The molecule has 7 heteroatoms. The number of ether oxygens (including phenoxy) is 2. The van der Waals surface area contributed by atoms with E-state index >= 15 is 0 Å². The number of carbonyl (C=O) groups excluding carboxylic acids is 2. The molecule has 0 bridgehead atoms.